The lowest BCUT2D eigenvalue weighted by Gasteiger charge is -2.21. The summed E-state index contributed by atoms with van der Waals surface area (Å²) in [6.45, 7) is 0.120. The van der Waals surface area contributed by atoms with Crippen LogP contribution in [0.1, 0.15) is 11.8 Å². The van der Waals surface area contributed by atoms with Gasteiger partial charge in [0.05, 0.1) is 12.2 Å². The summed E-state index contributed by atoms with van der Waals surface area (Å²) in [5.74, 6) is -1.96. The Hall–Kier alpha value is -2.82. The molecule has 0 amide bonds. The molecule has 0 aliphatic carbocycles. The molecule has 2 rings (SSSR count). The van der Waals surface area contributed by atoms with Gasteiger partial charge in [-0.15, -0.1) is 10.2 Å². The van der Waals surface area contributed by atoms with Crippen LogP contribution in [0.5, 0.6) is 0 Å². The van der Waals surface area contributed by atoms with Crippen LogP contribution in [-0.2, 0) is 17.2 Å². The number of halogens is 3. The largest absolute Gasteiger partial charge is 0.470 e. The topological polar surface area (TPSA) is 111 Å². The molecule has 0 aliphatic heterocycles. The molecule has 140 valence electrons. The van der Waals surface area contributed by atoms with Crippen LogP contribution in [0.3, 0.4) is 0 Å². The standard InChI is InChI=1S/C15H16F3N5O2S/c1-26(24)23(11-5-3-2-4-6-11)9-10(19)7-8-12(20)13-21-22-14(25-13)15(16,17)18/h2-8H,9,19-20H2,1H3/b10-7-,12-8-. The van der Waals surface area contributed by atoms with Gasteiger partial charge in [-0.1, -0.05) is 18.2 Å². The van der Waals surface area contributed by atoms with Crippen LogP contribution in [0, 0.1) is 0 Å². The van der Waals surface area contributed by atoms with Crippen molar-refractivity contribution < 1.29 is 21.8 Å². The van der Waals surface area contributed by atoms with E-state index in [1.165, 1.54) is 18.4 Å². The Kier molecular flexibility index (Phi) is 6.03. The number of para-hydroxylation sites is 1. The summed E-state index contributed by atoms with van der Waals surface area (Å²) in [5, 5.41) is 6.12. The Morgan fingerprint density at radius 2 is 1.88 bits per heavy atom. The Morgan fingerprint density at radius 3 is 2.42 bits per heavy atom. The summed E-state index contributed by atoms with van der Waals surface area (Å²) in [4.78, 5) is 0. The molecule has 1 heterocycles. The van der Waals surface area contributed by atoms with Gasteiger partial charge in [0.25, 0.3) is 5.89 Å². The van der Waals surface area contributed by atoms with Gasteiger partial charge < -0.3 is 15.9 Å². The predicted octanol–water partition coefficient (Wildman–Crippen LogP) is 2.03. The number of rotatable bonds is 6. The Morgan fingerprint density at radius 1 is 1.23 bits per heavy atom. The number of nitrogens with two attached hydrogens (primary N) is 2. The van der Waals surface area contributed by atoms with E-state index >= 15 is 0 Å². The van der Waals surface area contributed by atoms with E-state index in [1.54, 1.807) is 28.6 Å². The Bertz CT molecular complexity index is 833. The fourth-order valence-corrected chi connectivity index (χ4v) is 2.62. The van der Waals surface area contributed by atoms with Gasteiger partial charge in [-0.25, -0.2) is 4.21 Å². The van der Waals surface area contributed by atoms with Crippen LogP contribution < -0.4 is 15.8 Å². The molecule has 0 spiro atoms. The maximum atomic E-state index is 12.4. The van der Waals surface area contributed by atoms with E-state index in [4.69, 9.17) is 11.5 Å². The predicted molar refractivity (Wildman–Crippen MR) is 91.6 cm³/mol. The van der Waals surface area contributed by atoms with Gasteiger partial charge in [-0.05, 0) is 24.3 Å². The fraction of sp³-hybridized carbons (Fsp3) is 0.200. The normalized spacial score (nSPS) is 14.3. The summed E-state index contributed by atoms with van der Waals surface area (Å²) >= 11 is 0. The third-order valence-corrected chi connectivity index (χ3v) is 4.03. The first-order chi connectivity index (χ1) is 12.2. The van der Waals surface area contributed by atoms with Crippen LogP contribution in [0.15, 0.2) is 52.6 Å². The summed E-state index contributed by atoms with van der Waals surface area (Å²) in [6.07, 6.45) is -0.635. The molecular weight excluding hydrogens is 371 g/mol. The first-order valence-electron chi connectivity index (χ1n) is 7.17. The molecule has 1 atom stereocenters. The fourth-order valence-electron chi connectivity index (χ4n) is 1.87. The van der Waals surface area contributed by atoms with Gasteiger partial charge in [0, 0.05) is 17.6 Å². The van der Waals surface area contributed by atoms with E-state index in [0.29, 0.717) is 5.69 Å². The van der Waals surface area contributed by atoms with E-state index < -0.39 is 28.9 Å². The van der Waals surface area contributed by atoms with Crippen LogP contribution >= 0.6 is 0 Å². The number of benzene rings is 1. The van der Waals surface area contributed by atoms with E-state index in [1.807, 2.05) is 6.07 Å². The second-order valence-electron chi connectivity index (χ2n) is 5.07. The van der Waals surface area contributed by atoms with Crippen molar-refractivity contribution in [2.45, 2.75) is 6.18 Å². The van der Waals surface area contributed by atoms with Crippen molar-refractivity contribution in [3.05, 3.63) is 60.0 Å². The second kappa shape index (κ2) is 8.04. The molecule has 1 aromatic heterocycles. The minimum atomic E-state index is -4.75. The Balaban J connectivity index is 2.14. The molecule has 4 N–H and O–H groups in total. The van der Waals surface area contributed by atoms with E-state index in [0.717, 1.165) is 0 Å². The van der Waals surface area contributed by atoms with Crippen molar-refractivity contribution in [3.8, 4) is 0 Å². The monoisotopic (exact) mass is 387 g/mol. The summed E-state index contributed by atoms with van der Waals surface area (Å²) in [5.41, 5.74) is 12.3. The van der Waals surface area contributed by atoms with Gasteiger partial charge in [0.1, 0.15) is 11.0 Å². The van der Waals surface area contributed by atoms with Gasteiger partial charge in [0.2, 0.25) is 0 Å². The lowest BCUT2D eigenvalue weighted by molar-refractivity contribution is -0.157. The van der Waals surface area contributed by atoms with Crippen molar-refractivity contribution in [2.24, 2.45) is 11.5 Å². The number of alkyl halides is 3. The zero-order valence-electron chi connectivity index (χ0n) is 13.6. The maximum absolute atomic E-state index is 12.4. The van der Waals surface area contributed by atoms with Crippen LogP contribution in [0.4, 0.5) is 18.9 Å². The third kappa shape index (κ3) is 5.09. The van der Waals surface area contributed by atoms with E-state index in [2.05, 4.69) is 14.6 Å². The van der Waals surface area contributed by atoms with Crippen molar-refractivity contribution in [3.63, 3.8) is 0 Å². The molecule has 26 heavy (non-hydrogen) atoms. The first-order valence-corrected chi connectivity index (χ1v) is 8.69. The van der Waals surface area contributed by atoms with Crippen molar-refractivity contribution in [2.75, 3.05) is 17.1 Å². The smallest absolute Gasteiger partial charge is 0.411 e. The van der Waals surface area contributed by atoms with Crippen LogP contribution in [-0.4, -0.2) is 27.2 Å². The number of allylic oxidation sites excluding steroid dienone is 2. The molecule has 2 aromatic rings. The number of nitrogens with zero attached hydrogens (tertiary/aromatic N) is 3. The molecule has 0 bridgehead atoms. The molecule has 1 aromatic carbocycles. The molecular formula is C15H16F3N5O2S. The molecule has 0 saturated heterocycles. The lowest BCUT2D eigenvalue weighted by atomic mass is 10.3. The molecule has 0 aliphatic rings. The highest BCUT2D eigenvalue weighted by molar-refractivity contribution is 7.85. The zero-order chi connectivity index (χ0) is 19.3. The molecule has 0 radical (unpaired) electrons. The van der Waals surface area contributed by atoms with E-state index in [9.17, 15) is 17.4 Å². The molecule has 0 fully saturated rings. The van der Waals surface area contributed by atoms with Crippen LogP contribution in [0.25, 0.3) is 5.70 Å². The van der Waals surface area contributed by atoms with Gasteiger partial charge in [-0.2, -0.15) is 13.2 Å². The number of hydrogen-bond acceptors (Lipinski definition) is 6. The van der Waals surface area contributed by atoms with E-state index in [-0.39, 0.29) is 17.9 Å². The summed E-state index contributed by atoms with van der Waals surface area (Å²) in [7, 11) is -1.34. The van der Waals surface area contributed by atoms with Crippen molar-refractivity contribution >= 4 is 22.4 Å². The highest BCUT2D eigenvalue weighted by atomic mass is 32.2. The first kappa shape index (κ1) is 19.5. The lowest BCUT2D eigenvalue weighted by Crippen LogP contribution is -2.29. The maximum Gasteiger partial charge on any atom is 0.470 e. The van der Waals surface area contributed by atoms with Crippen molar-refractivity contribution in [1.82, 2.24) is 10.2 Å². The van der Waals surface area contributed by atoms with Crippen LogP contribution in [0.2, 0.25) is 0 Å². The third-order valence-electron chi connectivity index (χ3n) is 3.07. The molecule has 0 saturated carbocycles. The molecule has 11 heteroatoms. The molecule has 1 unspecified atom stereocenters. The van der Waals surface area contributed by atoms with Gasteiger partial charge in [0.15, 0.2) is 0 Å². The van der Waals surface area contributed by atoms with Gasteiger partial charge >= 0.3 is 12.1 Å². The SMILES string of the molecule is CS(=O)N(C/C(N)=C/C=C(\N)c1nnc(C(F)(F)F)o1)c1ccccc1. The number of aromatic nitrogens is 2. The highest BCUT2D eigenvalue weighted by Crippen LogP contribution is 2.28. The molecule has 7 nitrogen and oxygen atoms in total. The second-order valence-corrected chi connectivity index (χ2v) is 6.36. The number of anilines is 1. The average Bonchev–Trinajstić information content (AvgIpc) is 3.08. The van der Waals surface area contributed by atoms with Crippen molar-refractivity contribution in [1.29, 1.82) is 0 Å². The zero-order valence-corrected chi connectivity index (χ0v) is 14.4. The summed E-state index contributed by atoms with van der Waals surface area (Å²) in [6, 6.07) is 8.95. The minimum Gasteiger partial charge on any atom is -0.411 e. The van der Waals surface area contributed by atoms with Gasteiger partial charge in [-0.3, -0.25) is 4.31 Å². The average molecular weight is 387 g/mol. The minimum absolute atomic E-state index is 0.120. The summed E-state index contributed by atoms with van der Waals surface area (Å²) < 4.78 is 55.2. The Labute approximate surface area is 149 Å². The quantitative estimate of drug-likeness (QED) is 0.734. The number of hydrogen-bond donors (Lipinski definition) is 2. The highest BCUT2D eigenvalue weighted by Gasteiger charge is 2.38.